The van der Waals surface area contributed by atoms with E-state index in [1.807, 2.05) is 0 Å². The maximum absolute atomic E-state index is 13.6. The van der Waals surface area contributed by atoms with E-state index in [-0.39, 0.29) is 48.0 Å². The standard InChI is InChI=1S/C25H32ClN5O5S/c1-17(25(16-27)8-10-30(11-9-25)23(32)36-24(2,3)4)31(37(33,34)29(5)6)21-14-19(26)13-20(22(21)28)18-7-12-35-15-18/h7,12-15H,1,8-11,28H2,2-6H3. The minimum Gasteiger partial charge on any atom is -0.472 e. The molecule has 1 aliphatic rings. The third kappa shape index (κ3) is 5.71. The van der Waals surface area contributed by atoms with Gasteiger partial charge in [0.2, 0.25) is 0 Å². The quantitative estimate of drug-likeness (QED) is 0.509. The average molecular weight is 550 g/mol. The van der Waals surface area contributed by atoms with Crippen molar-refractivity contribution in [3.63, 3.8) is 0 Å². The van der Waals surface area contributed by atoms with Gasteiger partial charge in [-0.1, -0.05) is 18.2 Å². The monoisotopic (exact) mass is 549 g/mol. The van der Waals surface area contributed by atoms with Crippen molar-refractivity contribution < 1.29 is 22.4 Å². The zero-order chi connectivity index (χ0) is 27.8. The van der Waals surface area contributed by atoms with Gasteiger partial charge in [0.1, 0.15) is 11.0 Å². The number of ether oxygens (including phenoxy) is 1. The van der Waals surface area contributed by atoms with Crippen LogP contribution in [0.3, 0.4) is 0 Å². The number of carbonyl (C=O) groups excluding carboxylic acids is 1. The van der Waals surface area contributed by atoms with Gasteiger partial charge in [0, 0.05) is 49.0 Å². The molecule has 2 aromatic rings. The lowest BCUT2D eigenvalue weighted by Gasteiger charge is -2.42. The average Bonchev–Trinajstić information content (AvgIpc) is 3.34. The summed E-state index contributed by atoms with van der Waals surface area (Å²) in [6, 6.07) is 6.98. The number of likely N-dealkylation sites (tertiary alicyclic amines) is 1. The number of nitrogen functional groups attached to an aromatic ring is 1. The van der Waals surface area contributed by atoms with Crippen LogP contribution in [0.15, 0.2) is 47.4 Å². The molecule has 2 N–H and O–H groups in total. The first kappa shape index (κ1) is 28.4. The summed E-state index contributed by atoms with van der Waals surface area (Å²) >= 11 is 6.40. The van der Waals surface area contributed by atoms with E-state index in [9.17, 15) is 18.5 Å². The van der Waals surface area contributed by atoms with Gasteiger partial charge in [-0.15, -0.1) is 0 Å². The number of piperidine rings is 1. The van der Waals surface area contributed by atoms with E-state index in [0.29, 0.717) is 11.1 Å². The van der Waals surface area contributed by atoms with Crippen molar-refractivity contribution in [3.8, 4) is 17.2 Å². The van der Waals surface area contributed by atoms with E-state index in [0.717, 1.165) is 8.61 Å². The van der Waals surface area contributed by atoms with E-state index in [1.54, 1.807) is 32.9 Å². The van der Waals surface area contributed by atoms with Crippen molar-refractivity contribution in [1.29, 1.82) is 5.26 Å². The summed E-state index contributed by atoms with van der Waals surface area (Å²) in [7, 11) is -1.47. The highest BCUT2D eigenvalue weighted by atomic mass is 35.5. The van der Waals surface area contributed by atoms with Crippen LogP contribution in [0.4, 0.5) is 16.2 Å². The Hall–Kier alpha value is -3.20. The number of anilines is 2. The third-order valence-corrected chi connectivity index (χ3v) is 8.17. The Kier molecular flexibility index (Phi) is 7.88. The van der Waals surface area contributed by atoms with Crippen LogP contribution in [0.5, 0.6) is 0 Å². The summed E-state index contributed by atoms with van der Waals surface area (Å²) < 4.78 is 39.9. The molecule has 10 nitrogen and oxygen atoms in total. The van der Waals surface area contributed by atoms with Gasteiger partial charge in [-0.3, -0.25) is 0 Å². The SMILES string of the molecule is C=C(N(c1cc(Cl)cc(-c2ccoc2)c1N)S(=O)(=O)N(C)C)C1(C#N)CCN(C(=O)OC(C)(C)C)CC1. The lowest BCUT2D eigenvalue weighted by molar-refractivity contribution is 0.0167. The van der Waals surface area contributed by atoms with Crippen molar-refractivity contribution in [2.24, 2.45) is 5.41 Å². The molecule has 0 unspecified atom stereocenters. The number of benzene rings is 1. The summed E-state index contributed by atoms with van der Waals surface area (Å²) in [4.78, 5) is 14.1. The lowest BCUT2D eigenvalue weighted by Crippen LogP contribution is -2.49. The zero-order valence-corrected chi connectivity index (χ0v) is 23.2. The number of allylic oxidation sites excluding steroid dienone is 1. The van der Waals surface area contributed by atoms with Gasteiger partial charge in [0.25, 0.3) is 0 Å². The van der Waals surface area contributed by atoms with Crippen LogP contribution in [-0.4, -0.2) is 56.5 Å². The van der Waals surface area contributed by atoms with Gasteiger partial charge in [-0.2, -0.15) is 18.0 Å². The molecule has 1 amide bonds. The van der Waals surface area contributed by atoms with Gasteiger partial charge in [0.05, 0.1) is 30.0 Å². The fraction of sp³-hybridized carbons (Fsp3) is 0.440. The Morgan fingerprint density at radius 1 is 1.30 bits per heavy atom. The van der Waals surface area contributed by atoms with E-state index < -0.39 is 27.3 Å². The number of carbonyl (C=O) groups is 1. The number of furan rings is 1. The maximum atomic E-state index is 13.6. The first-order valence-electron chi connectivity index (χ1n) is 11.6. The lowest BCUT2D eigenvalue weighted by atomic mass is 9.77. The molecule has 0 bridgehead atoms. The predicted octanol–water partition coefficient (Wildman–Crippen LogP) is 4.85. The predicted molar refractivity (Wildman–Crippen MR) is 143 cm³/mol. The van der Waals surface area contributed by atoms with Crippen molar-refractivity contribution in [2.45, 2.75) is 39.2 Å². The molecule has 0 atom stereocenters. The molecule has 37 heavy (non-hydrogen) atoms. The fourth-order valence-corrected chi connectivity index (χ4v) is 5.45. The Morgan fingerprint density at radius 3 is 2.41 bits per heavy atom. The van der Waals surface area contributed by atoms with Crippen molar-refractivity contribution in [3.05, 3.63) is 48.0 Å². The summed E-state index contributed by atoms with van der Waals surface area (Å²) in [6.07, 6.45) is 2.73. The number of hydrogen-bond donors (Lipinski definition) is 1. The summed E-state index contributed by atoms with van der Waals surface area (Å²) in [6.45, 7) is 9.77. The van der Waals surface area contributed by atoms with Crippen LogP contribution < -0.4 is 10.0 Å². The van der Waals surface area contributed by atoms with E-state index >= 15 is 0 Å². The van der Waals surface area contributed by atoms with Crippen LogP contribution >= 0.6 is 11.6 Å². The Bertz CT molecular complexity index is 1320. The molecule has 2 heterocycles. The van der Waals surface area contributed by atoms with Gasteiger partial charge in [-0.05, 0) is 51.8 Å². The zero-order valence-electron chi connectivity index (χ0n) is 21.6. The molecular formula is C25H32ClN5O5S. The number of nitrogens with zero attached hydrogens (tertiary/aromatic N) is 4. The highest BCUT2D eigenvalue weighted by Gasteiger charge is 2.45. The number of halogens is 1. The molecule has 12 heteroatoms. The molecule has 0 radical (unpaired) electrons. The Morgan fingerprint density at radius 2 is 1.92 bits per heavy atom. The maximum Gasteiger partial charge on any atom is 0.410 e. The van der Waals surface area contributed by atoms with E-state index in [4.69, 9.17) is 26.5 Å². The Labute approximate surface area is 223 Å². The summed E-state index contributed by atoms with van der Waals surface area (Å²) in [5.41, 5.74) is 5.80. The van der Waals surface area contributed by atoms with Gasteiger partial charge < -0.3 is 19.8 Å². The minimum atomic E-state index is -4.22. The smallest absolute Gasteiger partial charge is 0.410 e. The molecule has 1 saturated heterocycles. The number of rotatable bonds is 6. The number of nitriles is 1. The highest BCUT2D eigenvalue weighted by molar-refractivity contribution is 7.90. The van der Waals surface area contributed by atoms with Crippen LogP contribution in [0.25, 0.3) is 11.1 Å². The molecule has 0 aliphatic carbocycles. The molecule has 200 valence electrons. The minimum absolute atomic E-state index is 0.0136. The molecule has 1 fully saturated rings. The van der Waals surface area contributed by atoms with E-state index in [2.05, 4.69) is 12.6 Å². The fourth-order valence-electron chi connectivity index (χ4n) is 4.06. The van der Waals surface area contributed by atoms with Crippen LogP contribution in [0, 0.1) is 16.7 Å². The first-order valence-corrected chi connectivity index (χ1v) is 13.3. The van der Waals surface area contributed by atoms with Crippen LogP contribution in [0.1, 0.15) is 33.6 Å². The number of amides is 1. The molecule has 1 aliphatic heterocycles. The number of hydrogen-bond acceptors (Lipinski definition) is 7. The molecule has 0 saturated carbocycles. The molecule has 1 aromatic carbocycles. The molecule has 3 rings (SSSR count). The molecular weight excluding hydrogens is 518 g/mol. The van der Waals surface area contributed by atoms with Crippen molar-refractivity contribution >= 4 is 39.3 Å². The van der Waals surface area contributed by atoms with Crippen molar-refractivity contribution in [2.75, 3.05) is 37.2 Å². The third-order valence-electron chi connectivity index (χ3n) is 6.15. The Balaban J connectivity index is 2.06. The molecule has 1 aromatic heterocycles. The van der Waals surface area contributed by atoms with Gasteiger partial charge in [0.15, 0.2) is 0 Å². The van der Waals surface area contributed by atoms with Gasteiger partial charge in [-0.25, -0.2) is 9.10 Å². The highest BCUT2D eigenvalue weighted by Crippen LogP contribution is 2.46. The molecule has 0 spiro atoms. The largest absolute Gasteiger partial charge is 0.472 e. The second-order valence-electron chi connectivity index (χ2n) is 10.1. The summed E-state index contributed by atoms with van der Waals surface area (Å²) in [5.74, 6) is 0. The van der Waals surface area contributed by atoms with E-state index in [1.165, 1.54) is 37.6 Å². The second kappa shape index (κ2) is 10.3. The van der Waals surface area contributed by atoms with Gasteiger partial charge >= 0.3 is 16.3 Å². The van der Waals surface area contributed by atoms with Crippen molar-refractivity contribution in [1.82, 2.24) is 9.21 Å². The van der Waals surface area contributed by atoms with Crippen LogP contribution in [-0.2, 0) is 14.9 Å². The number of nitrogens with two attached hydrogens (primary N) is 1. The second-order valence-corrected chi connectivity index (χ2v) is 12.5. The topological polar surface area (TPSA) is 133 Å². The summed E-state index contributed by atoms with van der Waals surface area (Å²) in [5, 5.41) is 10.5. The van der Waals surface area contributed by atoms with Crippen LogP contribution in [0.2, 0.25) is 5.02 Å². The normalized spacial score (nSPS) is 15.8. The first-order chi connectivity index (χ1) is 17.1.